The van der Waals surface area contributed by atoms with Gasteiger partial charge in [0.1, 0.15) is 5.60 Å². The van der Waals surface area contributed by atoms with Gasteiger partial charge in [0.25, 0.3) is 0 Å². The zero-order valence-electron chi connectivity index (χ0n) is 9.79. The average Bonchev–Trinajstić information content (AvgIpc) is 2.17. The van der Waals surface area contributed by atoms with Gasteiger partial charge in [-0.3, -0.25) is 4.79 Å². The zero-order chi connectivity index (χ0) is 11.6. The fourth-order valence-electron chi connectivity index (χ4n) is 1.19. The van der Waals surface area contributed by atoms with Crippen LogP contribution in [0.2, 0.25) is 0 Å². The van der Waals surface area contributed by atoms with Crippen LogP contribution >= 0.6 is 0 Å². The Hall–Kier alpha value is -1.29. The van der Waals surface area contributed by atoms with Crippen LogP contribution < -0.4 is 0 Å². The molecular formula is C11H16N2O2. The van der Waals surface area contributed by atoms with Crippen molar-refractivity contribution in [3.8, 4) is 0 Å². The number of carbonyl (C=O) groups is 1. The minimum atomic E-state index is -0.528. The van der Waals surface area contributed by atoms with Gasteiger partial charge in [0, 0.05) is 13.3 Å². The summed E-state index contributed by atoms with van der Waals surface area (Å²) in [6.07, 6.45) is 1.56. The van der Waals surface area contributed by atoms with Gasteiger partial charge in [0.2, 0.25) is 0 Å². The van der Waals surface area contributed by atoms with Crippen molar-refractivity contribution < 1.29 is 9.53 Å². The van der Waals surface area contributed by atoms with Gasteiger partial charge in [-0.2, -0.15) is 0 Å². The molecule has 0 atom stereocenters. The predicted molar refractivity (Wildman–Crippen MR) is 56.8 cm³/mol. The van der Waals surface area contributed by atoms with Gasteiger partial charge in [-0.25, -0.2) is 9.97 Å². The van der Waals surface area contributed by atoms with Crippen LogP contribution in [0.25, 0.3) is 0 Å². The second-order valence-electron chi connectivity index (χ2n) is 3.96. The maximum atomic E-state index is 11.2. The molecule has 0 saturated carbocycles. The number of aryl methyl sites for hydroxylation is 1. The van der Waals surface area contributed by atoms with E-state index < -0.39 is 5.60 Å². The average molecular weight is 208 g/mol. The SMILES string of the molecule is COC(C)(C)c1ncc(C(C)=O)c(C)n1. The third-order valence-corrected chi connectivity index (χ3v) is 2.41. The summed E-state index contributed by atoms with van der Waals surface area (Å²) in [6.45, 7) is 7.07. The number of ketones is 1. The van der Waals surface area contributed by atoms with E-state index >= 15 is 0 Å². The van der Waals surface area contributed by atoms with E-state index in [2.05, 4.69) is 9.97 Å². The Morgan fingerprint density at radius 3 is 2.47 bits per heavy atom. The molecule has 4 nitrogen and oxygen atoms in total. The van der Waals surface area contributed by atoms with Gasteiger partial charge in [0.15, 0.2) is 11.6 Å². The molecule has 0 amide bonds. The van der Waals surface area contributed by atoms with Crippen LogP contribution in [-0.2, 0) is 10.3 Å². The molecule has 0 aliphatic heterocycles. The van der Waals surface area contributed by atoms with Crippen LogP contribution in [0, 0.1) is 6.92 Å². The highest BCUT2D eigenvalue weighted by atomic mass is 16.5. The third kappa shape index (κ3) is 2.39. The highest BCUT2D eigenvalue weighted by molar-refractivity contribution is 5.94. The van der Waals surface area contributed by atoms with Crippen molar-refractivity contribution >= 4 is 5.78 Å². The molecule has 0 unspecified atom stereocenters. The molecule has 4 heteroatoms. The molecule has 0 bridgehead atoms. The number of methoxy groups -OCH3 is 1. The lowest BCUT2D eigenvalue weighted by atomic mass is 10.1. The molecule has 0 aromatic carbocycles. The van der Waals surface area contributed by atoms with Crippen molar-refractivity contribution in [2.24, 2.45) is 0 Å². The minimum Gasteiger partial charge on any atom is -0.371 e. The van der Waals surface area contributed by atoms with E-state index in [-0.39, 0.29) is 5.78 Å². The van der Waals surface area contributed by atoms with Gasteiger partial charge in [-0.15, -0.1) is 0 Å². The number of aromatic nitrogens is 2. The van der Waals surface area contributed by atoms with E-state index in [9.17, 15) is 4.79 Å². The standard InChI is InChI=1S/C11H16N2O2/c1-7-9(8(2)14)6-12-10(13-7)11(3,4)15-5/h6H,1-5H3. The highest BCUT2D eigenvalue weighted by Crippen LogP contribution is 2.20. The van der Waals surface area contributed by atoms with Gasteiger partial charge in [-0.05, 0) is 27.7 Å². The normalized spacial score (nSPS) is 11.5. The summed E-state index contributed by atoms with van der Waals surface area (Å²) < 4.78 is 5.27. The first-order valence-corrected chi connectivity index (χ1v) is 4.78. The number of carbonyl (C=O) groups excluding carboxylic acids is 1. The quantitative estimate of drug-likeness (QED) is 0.711. The van der Waals surface area contributed by atoms with Crippen molar-refractivity contribution in [1.29, 1.82) is 0 Å². The maximum absolute atomic E-state index is 11.2. The first-order chi connectivity index (χ1) is 6.88. The predicted octanol–water partition coefficient (Wildman–Crippen LogP) is 1.87. The van der Waals surface area contributed by atoms with Gasteiger partial charge < -0.3 is 4.74 Å². The molecule has 1 aromatic heterocycles. The summed E-state index contributed by atoms with van der Waals surface area (Å²) in [6, 6.07) is 0. The van der Waals surface area contributed by atoms with Crippen molar-refractivity contribution in [2.45, 2.75) is 33.3 Å². The molecule has 1 rings (SSSR count). The lowest BCUT2D eigenvalue weighted by molar-refractivity contribution is 0.0113. The fraction of sp³-hybridized carbons (Fsp3) is 0.545. The van der Waals surface area contributed by atoms with E-state index in [1.54, 1.807) is 20.2 Å². The lowest BCUT2D eigenvalue weighted by Crippen LogP contribution is -2.23. The molecule has 82 valence electrons. The van der Waals surface area contributed by atoms with Crippen molar-refractivity contribution in [3.63, 3.8) is 0 Å². The van der Waals surface area contributed by atoms with Gasteiger partial charge in [0.05, 0.1) is 11.3 Å². The summed E-state index contributed by atoms with van der Waals surface area (Å²) in [4.78, 5) is 19.6. The molecule has 0 spiro atoms. The number of nitrogens with zero attached hydrogens (tertiary/aromatic N) is 2. The van der Waals surface area contributed by atoms with Crippen molar-refractivity contribution in [3.05, 3.63) is 23.3 Å². The topological polar surface area (TPSA) is 52.1 Å². The van der Waals surface area contributed by atoms with Gasteiger partial charge in [-0.1, -0.05) is 0 Å². The third-order valence-electron chi connectivity index (χ3n) is 2.41. The maximum Gasteiger partial charge on any atom is 0.163 e. The summed E-state index contributed by atoms with van der Waals surface area (Å²) in [5.41, 5.74) is 0.725. The van der Waals surface area contributed by atoms with E-state index in [4.69, 9.17) is 4.74 Å². The molecule has 0 saturated heterocycles. The van der Waals surface area contributed by atoms with Crippen LogP contribution in [0.3, 0.4) is 0 Å². The molecule has 1 aromatic rings. The second-order valence-corrected chi connectivity index (χ2v) is 3.96. The molecule has 15 heavy (non-hydrogen) atoms. The Morgan fingerprint density at radius 2 is 2.07 bits per heavy atom. The molecule has 0 fully saturated rings. The first kappa shape index (κ1) is 11.8. The fourth-order valence-corrected chi connectivity index (χ4v) is 1.19. The summed E-state index contributed by atoms with van der Waals surface area (Å²) in [7, 11) is 1.61. The molecule has 0 aliphatic rings. The van der Waals surface area contributed by atoms with E-state index in [0.29, 0.717) is 17.1 Å². The van der Waals surface area contributed by atoms with E-state index in [1.165, 1.54) is 6.92 Å². The summed E-state index contributed by atoms with van der Waals surface area (Å²) in [5.74, 6) is 0.571. The Bertz CT molecular complexity index is 386. The van der Waals surface area contributed by atoms with E-state index in [0.717, 1.165) is 0 Å². The first-order valence-electron chi connectivity index (χ1n) is 4.78. The number of hydrogen-bond donors (Lipinski definition) is 0. The molecule has 0 N–H and O–H groups in total. The van der Waals surface area contributed by atoms with Crippen LogP contribution in [0.15, 0.2) is 6.20 Å². The monoisotopic (exact) mass is 208 g/mol. The second kappa shape index (κ2) is 4.06. The van der Waals surface area contributed by atoms with Crippen LogP contribution in [0.1, 0.15) is 42.6 Å². The molecule has 0 aliphatic carbocycles. The number of hydrogen-bond acceptors (Lipinski definition) is 4. The van der Waals surface area contributed by atoms with Gasteiger partial charge >= 0.3 is 0 Å². The highest BCUT2D eigenvalue weighted by Gasteiger charge is 2.23. The molecule has 0 radical (unpaired) electrons. The Balaban J connectivity index is 3.18. The number of rotatable bonds is 3. The smallest absolute Gasteiger partial charge is 0.163 e. The van der Waals surface area contributed by atoms with Crippen molar-refractivity contribution in [1.82, 2.24) is 9.97 Å². The summed E-state index contributed by atoms with van der Waals surface area (Å²) in [5, 5.41) is 0. The zero-order valence-corrected chi connectivity index (χ0v) is 9.79. The number of Topliss-reactive ketones (excluding diaryl/α,β-unsaturated/α-hetero) is 1. The number of ether oxygens (including phenoxy) is 1. The molecular weight excluding hydrogens is 192 g/mol. The van der Waals surface area contributed by atoms with Crippen LogP contribution in [0.5, 0.6) is 0 Å². The molecule has 1 heterocycles. The lowest BCUT2D eigenvalue weighted by Gasteiger charge is -2.21. The largest absolute Gasteiger partial charge is 0.371 e. The Morgan fingerprint density at radius 1 is 1.47 bits per heavy atom. The summed E-state index contributed by atoms with van der Waals surface area (Å²) >= 11 is 0. The minimum absolute atomic E-state index is 0.0192. The Labute approximate surface area is 89.7 Å². The van der Waals surface area contributed by atoms with Crippen molar-refractivity contribution in [2.75, 3.05) is 7.11 Å². The van der Waals surface area contributed by atoms with E-state index in [1.807, 2.05) is 13.8 Å². The van der Waals surface area contributed by atoms with Crippen LogP contribution in [0.4, 0.5) is 0 Å². The van der Waals surface area contributed by atoms with Crippen LogP contribution in [-0.4, -0.2) is 22.9 Å². The Kier molecular flexibility index (Phi) is 3.19.